The molecular weight excluding hydrogens is 344 g/mol. The first-order valence-corrected chi connectivity index (χ1v) is 9.76. The second-order valence-electron chi connectivity index (χ2n) is 6.57. The largest absolute Gasteiger partial charge is 0.306 e. The minimum atomic E-state index is -3.89. The second-order valence-corrected chi connectivity index (χ2v) is 8.58. The van der Waals surface area contributed by atoms with E-state index >= 15 is 0 Å². The van der Waals surface area contributed by atoms with Crippen LogP contribution in [0.1, 0.15) is 12.8 Å². The summed E-state index contributed by atoms with van der Waals surface area (Å²) in [6.07, 6.45) is 2.13. The van der Waals surface area contributed by atoms with Crippen LogP contribution >= 0.6 is 0 Å². The lowest BCUT2D eigenvalue weighted by molar-refractivity contribution is -0.387. The van der Waals surface area contributed by atoms with E-state index in [0.717, 1.165) is 25.9 Å². The molecule has 1 fully saturated rings. The van der Waals surface area contributed by atoms with E-state index in [9.17, 15) is 18.5 Å². The van der Waals surface area contributed by atoms with Crippen LogP contribution in [-0.4, -0.2) is 80.8 Å². The molecule has 1 aliphatic heterocycles. The van der Waals surface area contributed by atoms with E-state index < -0.39 is 20.6 Å². The quantitative estimate of drug-likeness (QED) is 0.530. The maximum absolute atomic E-state index is 12.7. The van der Waals surface area contributed by atoms with Crippen molar-refractivity contribution in [2.75, 3.05) is 47.3 Å². The van der Waals surface area contributed by atoms with Crippen molar-refractivity contribution in [3.05, 3.63) is 34.4 Å². The summed E-state index contributed by atoms with van der Waals surface area (Å²) in [6, 6.07) is 5.90. The van der Waals surface area contributed by atoms with Gasteiger partial charge >= 0.3 is 0 Å². The first-order valence-electron chi connectivity index (χ1n) is 8.32. The zero-order valence-electron chi connectivity index (χ0n) is 15.0. The third kappa shape index (κ3) is 4.75. The summed E-state index contributed by atoms with van der Waals surface area (Å²) in [4.78, 5) is 14.6. The molecule has 0 N–H and O–H groups in total. The van der Waals surface area contributed by atoms with Gasteiger partial charge in [-0.05, 0) is 46.1 Å². The summed E-state index contributed by atoms with van der Waals surface area (Å²) >= 11 is 0. The number of nitrogens with zero attached hydrogens (tertiary/aromatic N) is 4. The van der Waals surface area contributed by atoms with Gasteiger partial charge in [-0.2, -0.15) is 4.31 Å². The Hall–Kier alpha value is -1.55. The second kappa shape index (κ2) is 8.22. The summed E-state index contributed by atoms with van der Waals surface area (Å²) in [6.45, 7) is 2.96. The number of para-hydroxylation sites is 1. The van der Waals surface area contributed by atoms with E-state index in [1.165, 1.54) is 35.6 Å². The summed E-state index contributed by atoms with van der Waals surface area (Å²) in [5, 5.41) is 11.1. The van der Waals surface area contributed by atoms with E-state index in [1.54, 1.807) is 0 Å². The van der Waals surface area contributed by atoms with Gasteiger partial charge in [0.15, 0.2) is 4.90 Å². The van der Waals surface area contributed by atoms with Crippen molar-refractivity contribution in [1.29, 1.82) is 0 Å². The Bertz CT molecular complexity index is 702. The number of benzene rings is 1. The van der Waals surface area contributed by atoms with Crippen LogP contribution in [0.4, 0.5) is 5.69 Å². The molecule has 25 heavy (non-hydrogen) atoms. The molecule has 0 unspecified atom stereocenters. The fourth-order valence-corrected chi connectivity index (χ4v) is 4.35. The van der Waals surface area contributed by atoms with Gasteiger partial charge in [0.05, 0.1) is 4.92 Å². The molecule has 0 bridgehead atoms. The van der Waals surface area contributed by atoms with E-state index in [-0.39, 0.29) is 11.4 Å². The molecule has 0 radical (unpaired) electrons. The highest BCUT2D eigenvalue weighted by Gasteiger charge is 2.29. The minimum Gasteiger partial charge on any atom is -0.306 e. The Morgan fingerprint density at radius 2 is 1.80 bits per heavy atom. The van der Waals surface area contributed by atoms with E-state index in [4.69, 9.17) is 0 Å². The van der Waals surface area contributed by atoms with E-state index in [2.05, 4.69) is 16.8 Å². The number of hydrogen-bond acceptors (Lipinski definition) is 6. The van der Waals surface area contributed by atoms with E-state index in [0.29, 0.717) is 12.6 Å². The van der Waals surface area contributed by atoms with E-state index in [1.807, 2.05) is 7.05 Å². The Kier molecular flexibility index (Phi) is 6.50. The summed E-state index contributed by atoms with van der Waals surface area (Å²) in [5.74, 6) is 0. The number of sulfonamides is 1. The molecule has 0 amide bonds. The fourth-order valence-electron chi connectivity index (χ4n) is 3.03. The van der Waals surface area contributed by atoms with Crippen molar-refractivity contribution in [2.45, 2.75) is 23.8 Å². The molecule has 0 aromatic heterocycles. The van der Waals surface area contributed by atoms with Crippen molar-refractivity contribution in [3.63, 3.8) is 0 Å². The number of likely N-dealkylation sites (N-methyl/N-ethyl adjacent to an activating group) is 2. The van der Waals surface area contributed by atoms with Crippen LogP contribution in [-0.2, 0) is 10.0 Å². The molecule has 0 spiro atoms. The molecule has 140 valence electrons. The number of piperidine rings is 1. The zero-order valence-corrected chi connectivity index (χ0v) is 15.8. The fraction of sp³-hybridized carbons (Fsp3) is 0.625. The third-order valence-electron chi connectivity index (χ3n) is 4.83. The average molecular weight is 370 g/mol. The first kappa shape index (κ1) is 19.8. The van der Waals surface area contributed by atoms with Crippen LogP contribution < -0.4 is 0 Å². The molecule has 1 heterocycles. The molecule has 2 rings (SSSR count). The molecule has 9 heteroatoms. The number of nitro groups is 1. The Morgan fingerprint density at radius 1 is 1.20 bits per heavy atom. The van der Waals surface area contributed by atoms with Gasteiger partial charge in [0.2, 0.25) is 10.0 Å². The van der Waals surface area contributed by atoms with Crippen molar-refractivity contribution >= 4 is 15.7 Å². The lowest BCUT2D eigenvalue weighted by Gasteiger charge is -2.35. The number of rotatable bonds is 7. The van der Waals surface area contributed by atoms with Gasteiger partial charge in [-0.3, -0.25) is 10.1 Å². The molecular formula is C16H26N4O4S. The Balaban J connectivity index is 2.02. The van der Waals surface area contributed by atoms with Crippen LogP contribution in [0.15, 0.2) is 29.2 Å². The highest BCUT2D eigenvalue weighted by atomic mass is 32.2. The first-order chi connectivity index (χ1) is 11.7. The SMILES string of the molecule is CN1CCC(N(C)CCN(C)S(=O)(=O)c2ccccc2[N+](=O)[O-])CC1. The van der Waals surface area contributed by atoms with Crippen LogP contribution in [0.25, 0.3) is 0 Å². The standard InChI is InChI=1S/C16H26N4O4S/c1-17-10-8-14(9-11-17)18(2)12-13-19(3)25(23,24)16-7-5-4-6-15(16)20(21)22/h4-7,14H,8-13H2,1-3H3. The lowest BCUT2D eigenvalue weighted by atomic mass is 10.0. The van der Waals surface area contributed by atoms with Crippen molar-refractivity contribution < 1.29 is 13.3 Å². The maximum Gasteiger partial charge on any atom is 0.289 e. The zero-order chi connectivity index (χ0) is 18.6. The van der Waals surface area contributed by atoms with Gasteiger partial charge in [0.1, 0.15) is 0 Å². The van der Waals surface area contributed by atoms with Crippen LogP contribution in [0, 0.1) is 10.1 Å². The Labute approximate surface area is 149 Å². The van der Waals surface area contributed by atoms with Crippen molar-refractivity contribution in [1.82, 2.24) is 14.1 Å². The summed E-state index contributed by atoms with van der Waals surface area (Å²) in [7, 11) is 1.68. The monoisotopic (exact) mass is 370 g/mol. The van der Waals surface area contributed by atoms with Crippen molar-refractivity contribution in [3.8, 4) is 0 Å². The van der Waals surface area contributed by atoms with Gasteiger partial charge in [-0.15, -0.1) is 0 Å². The smallest absolute Gasteiger partial charge is 0.289 e. The highest BCUT2D eigenvalue weighted by Crippen LogP contribution is 2.25. The van der Waals surface area contributed by atoms with Gasteiger partial charge in [0.25, 0.3) is 5.69 Å². The third-order valence-corrected chi connectivity index (χ3v) is 6.73. The summed E-state index contributed by atoms with van der Waals surface area (Å²) in [5.41, 5.74) is -0.391. The topological polar surface area (TPSA) is 87.0 Å². The molecule has 1 aromatic rings. The lowest BCUT2D eigenvalue weighted by Crippen LogP contribution is -2.44. The maximum atomic E-state index is 12.7. The molecule has 0 atom stereocenters. The normalized spacial score (nSPS) is 17.3. The van der Waals surface area contributed by atoms with Gasteiger partial charge in [-0.25, -0.2) is 8.42 Å². The predicted molar refractivity (Wildman–Crippen MR) is 96.1 cm³/mol. The molecule has 8 nitrogen and oxygen atoms in total. The van der Waals surface area contributed by atoms with Gasteiger partial charge < -0.3 is 9.80 Å². The number of nitro benzene ring substituents is 1. The molecule has 1 aromatic carbocycles. The predicted octanol–water partition coefficient (Wildman–Crippen LogP) is 1.24. The van der Waals surface area contributed by atoms with Crippen LogP contribution in [0.3, 0.4) is 0 Å². The molecule has 1 saturated heterocycles. The Morgan fingerprint density at radius 3 is 2.40 bits per heavy atom. The van der Waals surface area contributed by atoms with Gasteiger partial charge in [0, 0.05) is 32.2 Å². The average Bonchev–Trinajstić information content (AvgIpc) is 2.59. The minimum absolute atomic E-state index is 0.260. The van der Waals surface area contributed by atoms with Crippen LogP contribution in [0.2, 0.25) is 0 Å². The summed E-state index contributed by atoms with van der Waals surface area (Å²) < 4.78 is 26.6. The number of likely N-dealkylation sites (tertiary alicyclic amines) is 1. The number of hydrogen-bond donors (Lipinski definition) is 0. The van der Waals surface area contributed by atoms with Gasteiger partial charge in [-0.1, -0.05) is 12.1 Å². The highest BCUT2D eigenvalue weighted by molar-refractivity contribution is 7.89. The van der Waals surface area contributed by atoms with Crippen LogP contribution in [0.5, 0.6) is 0 Å². The molecule has 1 aliphatic rings. The van der Waals surface area contributed by atoms with Crippen molar-refractivity contribution in [2.24, 2.45) is 0 Å². The molecule has 0 saturated carbocycles. The molecule has 0 aliphatic carbocycles.